The Balaban J connectivity index is 1.64. The first-order chi connectivity index (χ1) is 11.4. The Hall–Kier alpha value is -2.44. The third kappa shape index (κ3) is 3.39. The summed E-state index contributed by atoms with van der Waals surface area (Å²) in [5.41, 5.74) is 0.910. The SMILES string of the molecule is CC1CC(C(=O)O)CN(C(=O)NC(C)c2ccc3c(c2)OCO3)C1. The van der Waals surface area contributed by atoms with Crippen LogP contribution < -0.4 is 14.8 Å². The fourth-order valence-electron chi connectivity index (χ4n) is 3.24. The first-order valence-electron chi connectivity index (χ1n) is 8.12. The molecule has 2 heterocycles. The van der Waals surface area contributed by atoms with E-state index in [1.807, 2.05) is 32.0 Å². The highest BCUT2D eigenvalue weighted by Crippen LogP contribution is 2.34. The second-order valence-electron chi connectivity index (χ2n) is 6.56. The highest BCUT2D eigenvalue weighted by atomic mass is 16.7. The molecule has 0 spiro atoms. The van der Waals surface area contributed by atoms with Crippen LogP contribution >= 0.6 is 0 Å². The van der Waals surface area contributed by atoms with E-state index >= 15 is 0 Å². The summed E-state index contributed by atoms with van der Waals surface area (Å²) in [4.78, 5) is 25.3. The number of fused-ring (bicyclic) bond motifs is 1. The Bertz CT molecular complexity index is 648. The van der Waals surface area contributed by atoms with Crippen molar-refractivity contribution >= 4 is 12.0 Å². The number of ether oxygens (including phenoxy) is 2. The number of aliphatic carboxylic acids is 1. The molecule has 0 aliphatic carbocycles. The molecule has 0 bridgehead atoms. The van der Waals surface area contributed by atoms with Gasteiger partial charge in [0.1, 0.15) is 0 Å². The summed E-state index contributed by atoms with van der Waals surface area (Å²) in [6, 6.07) is 5.11. The molecule has 2 N–H and O–H groups in total. The van der Waals surface area contributed by atoms with Crippen LogP contribution in [-0.4, -0.2) is 41.9 Å². The van der Waals surface area contributed by atoms with Gasteiger partial charge in [-0.05, 0) is 37.0 Å². The number of urea groups is 1. The van der Waals surface area contributed by atoms with Gasteiger partial charge in [-0.1, -0.05) is 13.0 Å². The van der Waals surface area contributed by atoms with E-state index in [1.54, 1.807) is 4.90 Å². The minimum Gasteiger partial charge on any atom is -0.481 e. The Kier molecular flexibility index (Phi) is 4.51. The average Bonchev–Trinajstić information content (AvgIpc) is 3.01. The number of carbonyl (C=O) groups is 2. The van der Waals surface area contributed by atoms with Crippen LogP contribution in [0.15, 0.2) is 18.2 Å². The van der Waals surface area contributed by atoms with Crippen LogP contribution in [0, 0.1) is 11.8 Å². The molecule has 0 radical (unpaired) electrons. The van der Waals surface area contributed by atoms with Crippen molar-refractivity contribution in [1.82, 2.24) is 10.2 Å². The quantitative estimate of drug-likeness (QED) is 0.885. The molecule has 130 valence electrons. The second-order valence-corrected chi connectivity index (χ2v) is 6.56. The van der Waals surface area contributed by atoms with Gasteiger partial charge in [0, 0.05) is 13.1 Å². The van der Waals surface area contributed by atoms with E-state index in [2.05, 4.69) is 5.32 Å². The lowest BCUT2D eigenvalue weighted by atomic mass is 9.91. The lowest BCUT2D eigenvalue weighted by Gasteiger charge is -2.35. The van der Waals surface area contributed by atoms with Crippen LogP contribution in [0.4, 0.5) is 4.79 Å². The zero-order valence-corrected chi connectivity index (χ0v) is 13.8. The highest BCUT2D eigenvalue weighted by Gasteiger charge is 2.32. The van der Waals surface area contributed by atoms with Gasteiger partial charge in [-0.25, -0.2) is 4.79 Å². The van der Waals surface area contributed by atoms with Gasteiger partial charge < -0.3 is 24.8 Å². The minimum atomic E-state index is -0.844. The molecule has 1 fully saturated rings. The molecule has 2 aliphatic heterocycles. The van der Waals surface area contributed by atoms with Gasteiger partial charge in [0.15, 0.2) is 11.5 Å². The number of likely N-dealkylation sites (tertiary alicyclic amines) is 1. The number of amides is 2. The van der Waals surface area contributed by atoms with Crippen LogP contribution in [-0.2, 0) is 4.79 Å². The van der Waals surface area contributed by atoms with E-state index in [0.29, 0.717) is 24.5 Å². The first-order valence-corrected chi connectivity index (χ1v) is 8.12. The molecule has 3 rings (SSSR count). The van der Waals surface area contributed by atoms with Crippen LogP contribution in [0.25, 0.3) is 0 Å². The van der Waals surface area contributed by atoms with Crippen molar-refractivity contribution in [3.63, 3.8) is 0 Å². The maximum Gasteiger partial charge on any atom is 0.317 e. The predicted octanol–water partition coefficient (Wildman–Crippen LogP) is 2.23. The number of carboxylic acids is 1. The summed E-state index contributed by atoms with van der Waals surface area (Å²) in [6.07, 6.45) is 0.608. The van der Waals surface area contributed by atoms with Gasteiger partial charge >= 0.3 is 12.0 Å². The third-order valence-electron chi connectivity index (χ3n) is 4.53. The molecule has 1 saturated heterocycles. The number of piperidine rings is 1. The van der Waals surface area contributed by atoms with Crippen molar-refractivity contribution in [2.24, 2.45) is 11.8 Å². The first kappa shape index (κ1) is 16.4. The Morgan fingerprint density at radius 2 is 2.04 bits per heavy atom. The number of rotatable bonds is 3. The number of nitrogens with one attached hydrogen (secondary N) is 1. The lowest BCUT2D eigenvalue weighted by Crippen LogP contribution is -2.49. The summed E-state index contributed by atoms with van der Waals surface area (Å²) < 4.78 is 10.6. The largest absolute Gasteiger partial charge is 0.481 e. The number of benzene rings is 1. The van der Waals surface area contributed by atoms with Gasteiger partial charge in [-0.3, -0.25) is 4.79 Å². The standard InChI is InChI=1S/C17H22N2O5/c1-10-5-13(16(20)21)8-19(7-10)17(22)18-11(2)12-3-4-14-15(6-12)24-9-23-14/h3-4,6,10-11,13H,5,7-9H2,1-2H3,(H,18,22)(H,20,21). The van der Waals surface area contributed by atoms with Gasteiger partial charge in [0.25, 0.3) is 0 Å². The Morgan fingerprint density at radius 3 is 2.79 bits per heavy atom. The molecule has 7 nitrogen and oxygen atoms in total. The second kappa shape index (κ2) is 6.59. The van der Waals surface area contributed by atoms with Crippen molar-refractivity contribution in [3.05, 3.63) is 23.8 Å². The summed E-state index contributed by atoms with van der Waals surface area (Å²) in [6.45, 7) is 4.89. The number of hydrogen-bond donors (Lipinski definition) is 2. The van der Waals surface area contributed by atoms with E-state index in [4.69, 9.17) is 9.47 Å². The molecule has 2 amide bonds. The van der Waals surface area contributed by atoms with Gasteiger partial charge in [0.05, 0.1) is 12.0 Å². The fourth-order valence-corrected chi connectivity index (χ4v) is 3.24. The number of hydrogen-bond acceptors (Lipinski definition) is 4. The Morgan fingerprint density at radius 1 is 1.29 bits per heavy atom. The lowest BCUT2D eigenvalue weighted by molar-refractivity contribution is -0.143. The van der Waals surface area contributed by atoms with Crippen molar-refractivity contribution in [2.45, 2.75) is 26.3 Å². The average molecular weight is 334 g/mol. The maximum atomic E-state index is 12.5. The Labute approximate surface area is 140 Å². The van der Waals surface area contributed by atoms with Gasteiger partial charge in [-0.2, -0.15) is 0 Å². The van der Waals surface area contributed by atoms with Crippen LogP contribution in [0.1, 0.15) is 31.9 Å². The van der Waals surface area contributed by atoms with Crippen molar-refractivity contribution in [2.75, 3.05) is 19.9 Å². The number of carbonyl (C=O) groups excluding carboxylic acids is 1. The number of nitrogens with zero attached hydrogens (tertiary/aromatic N) is 1. The molecule has 0 aromatic heterocycles. The smallest absolute Gasteiger partial charge is 0.317 e. The normalized spacial score (nSPS) is 23.7. The van der Waals surface area contributed by atoms with E-state index in [0.717, 1.165) is 5.56 Å². The van der Waals surface area contributed by atoms with E-state index in [-0.39, 0.29) is 31.3 Å². The molecule has 3 atom stereocenters. The molecule has 3 unspecified atom stereocenters. The predicted molar refractivity (Wildman–Crippen MR) is 86.0 cm³/mol. The zero-order chi connectivity index (χ0) is 17.3. The molecule has 0 saturated carbocycles. The molecular weight excluding hydrogens is 312 g/mol. The summed E-state index contributed by atoms with van der Waals surface area (Å²) >= 11 is 0. The van der Waals surface area contributed by atoms with Crippen LogP contribution in [0.5, 0.6) is 11.5 Å². The summed E-state index contributed by atoms with van der Waals surface area (Å²) in [5.74, 6) is 0.201. The molecule has 1 aromatic rings. The summed E-state index contributed by atoms with van der Waals surface area (Å²) in [7, 11) is 0. The van der Waals surface area contributed by atoms with Crippen LogP contribution in [0.2, 0.25) is 0 Å². The minimum absolute atomic E-state index is 0.173. The zero-order valence-electron chi connectivity index (χ0n) is 13.8. The monoisotopic (exact) mass is 334 g/mol. The molecule has 24 heavy (non-hydrogen) atoms. The topological polar surface area (TPSA) is 88.1 Å². The van der Waals surface area contributed by atoms with Gasteiger partial charge in [-0.15, -0.1) is 0 Å². The van der Waals surface area contributed by atoms with E-state index in [1.165, 1.54) is 0 Å². The molecule has 2 aliphatic rings. The number of carboxylic acid groups (broad SMARTS) is 1. The van der Waals surface area contributed by atoms with Crippen molar-refractivity contribution < 1.29 is 24.2 Å². The third-order valence-corrected chi connectivity index (χ3v) is 4.53. The molecule has 1 aromatic carbocycles. The van der Waals surface area contributed by atoms with E-state index < -0.39 is 11.9 Å². The highest BCUT2D eigenvalue weighted by molar-refractivity contribution is 5.77. The summed E-state index contributed by atoms with van der Waals surface area (Å²) in [5, 5.41) is 12.2. The molecular formula is C17H22N2O5. The van der Waals surface area contributed by atoms with Crippen LogP contribution in [0.3, 0.4) is 0 Å². The van der Waals surface area contributed by atoms with Crippen molar-refractivity contribution in [3.8, 4) is 11.5 Å². The maximum absolute atomic E-state index is 12.5. The molecule has 7 heteroatoms. The van der Waals surface area contributed by atoms with Crippen molar-refractivity contribution in [1.29, 1.82) is 0 Å². The fraction of sp³-hybridized carbons (Fsp3) is 0.529. The van der Waals surface area contributed by atoms with Gasteiger partial charge in [0.2, 0.25) is 6.79 Å². The van der Waals surface area contributed by atoms with E-state index in [9.17, 15) is 14.7 Å².